The predicted octanol–water partition coefficient (Wildman–Crippen LogP) is 4.50. The highest BCUT2D eigenvalue weighted by Crippen LogP contribution is 2.25. The molecule has 0 heterocycles. The molecule has 5 heteroatoms. The van der Waals surface area contributed by atoms with Gasteiger partial charge in [-0.15, -0.1) is 0 Å². The highest BCUT2D eigenvalue weighted by atomic mass is 16.6. The van der Waals surface area contributed by atoms with Crippen molar-refractivity contribution in [2.24, 2.45) is 5.11 Å². The van der Waals surface area contributed by atoms with Crippen LogP contribution in [-0.2, 0) is 4.74 Å². The zero-order chi connectivity index (χ0) is 15.1. The Labute approximate surface area is 122 Å². The molecule has 104 valence electrons. The van der Waals surface area contributed by atoms with Crippen LogP contribution in [0, 0.1) is 0 Å². The molecule has 0 N–H and O–H groups in total. The number of hydrogen-bond donors (Lipinski definition) is 0. The summed E-state index contributed by atoms with van der Waals surface area (Å²) >= 11 is 0. The lowest BCUT2D eigenvalue weighted by atomic mass is 10.1. The van der Waals surface area contributed by atoms with E-state index in [2.05, 4.69) is 16.6 Å². The predicted molar refractivity (Wildman–Crippen MR) is 80.3 cm³/mol. The maximum atomic E-state index is 12.1. The molecule has 0 saturated carbocycles. The fourth-order valence-electron chi connectivity index (χ4n) is 1.86. The molecule has 2 aromatic rings. The summed E-state index contributed by atoms with van der Waals surface area (Å²) in [6.45, 7) is 3.70. The number of azide groups is 1. The van der Waals surface area contributed by atoms with Crippen molar-refractivity contribution in [2.75, 3.05) is 0 Å². The molecule has 5 nitrogen and oxygen atoms in total. The number of ether oxygens (including phenoxy) is 1. The molecule has 1 atom stereocenters. The lowest BCUT2D eigenvalue weighted by Gasteiger charge is -2.15. The fourth-order valence-corrected chi connectivity index (χ4v) is 1.86. The molecule has 0 amide bonds. The number of benzene rings is 2. The second-order valence-corrected chi connectivity index (χ2v) is 4.16. The Balaban J connectivity index is 2.30. The summed E-state index contributed by atoms with van der Waals surface area (Å²) in [5, 5.41) is 3.56. The van der Waals surface area contributed by atoms with Gasteiger partial charge in [-0.3, -0.25) is 0 Å². The van der Waals surface area contributed by atoms with E-state index in [1.165, 1.54) is 0 Å². The van der Waals surface area contributed by atoms with Crippen molar-refractivity contribution in [3.05, 3.63) is 88.3 Å². The van der Waals surface area contributed by atoms with Crippen LogP contribution in [0.25, 0.3) is 16.5 Å². The highest BCUT2D eigenvalue weighted by molar-refractivity contribution is 5.89. The van der Waals surface area contributed by atoms with Gasteiger partial charge in [0.2, 0.25) is 6.23 Å². The van der Waals surface area contributed by atoms with Crippen LogP contribution >= 0.6 is 0 Å². The lowest BCUT2D eigenvalue weighted by Crippen LogP contribution is -2.10. The number of rotatable bonds is 5. The van der Waals surface area contributed by atoms with Crippen LogP contribution in [0.2, 0.25) is 0 Å². The van der Waals surface area contributed by atoms with Gasteiger partial charge in [-0.2, -0.15) is 0 Å². The van der Waals surface area contributed by atoms with Crippen LogP contribution in [0.4, 0.5) is 0 Å². The van der Waals surface area contributed by atoms with Crippen LogP contribution < -0.4 is 0 Å². The van der Waals surface area contributed by atoms with Crippen molar-refractivity contribution in [3.63, 3.8) is 0 Å². The molecule has 0 bridgehead atoms. The van der Waals surface area contributed by atoms with Crippen molar-refractivity contribution < 1.29 is 9.53 Å². The van der Waals surface area contributed by atoms with Crippen LogP contribution in [-0.4, -0.2) is 5.97 Å². The molecule has 1 unspecified atom stereocenters. The summed E-state index contributed by atoms with van der Waals surface area (Å²) in [5.41, 5.74) is 10.4. The zero-order valence-corrected chi connectivity index (χ0v) is 11.2. The van der Waals surface area contributed by atoms with Gasteiger partial charge in [-0.1, -0.05) is 55.1 Å². The summed E-state index contributed by atoms with van der Waals surface area (Å²) in [5.74, 6) is -0.549. The molecule has 2 aromatic carbocycles. The van der Waals surface area contributed by atoms with Crippen molar-refractivity contribution in [1.82, 2.24) is 0 Å². The van der Waals surface area contributed by atoms with Crippen molar-refractivity contribution in [3.8, 4) is 0 Å². The van der Waals surface area contributed by atoms with E-state index in [1.807, 2.05) is 6.07 Å². The molecule has 0 aliphatic rings. The molecule has 0 aliphatic heterocycles. The molecule has 0 radical (unpaired) electrons. The minimum Gasteiger partial charge on any atom is -0.448 e. The van der Waals surface area contributed by atoms with Crippen molar-refractivity contribution in [1.29, 1.82) is 0 Å². The van der Waals surface area contributed by atoms with Gasteiger partial charge in [0.05, 0.1) is 5.56 Å². The topological polar surface area (TPSA) is 75.1 Å². The first kappa shape index (κ1) is 14.4. The van der Waals surface area contributed by atoms with E-state index in [4.69, 9.17) is 10.3 Å². The maximum Gasteiger partial charge on any atom is 0.338 e. The van der Waals surface area contributed by atoms with E-state index < -0.39 is 12.2 Å². The summed E-state index contributed by atoms with van der Waals surface area (Å²) in [7, 11) is 0. The Morgan fingerprint density at radius 2 is 1.86 bits per heavy atom. The summed E-state index contributed by atoms with van der Waals surface area (Å²) in [4.78, 5) is 14.8. The second-order valence-electron chi connectivity index (χ2n) is 4.16. The third-order valence-electron chi connectivity index (χ3n) is 2.87. The van der Waals surface area contributed by atoms with E-state index in [0.29, 0.717) is 11.1 Å². The number of nitrogens with zero attached hydrogens (tertiary/aromatic N) is 3. The van der Waals surface area contributed by atoms with Gasteiger partial charge in [0.25, 0.3) is 0 Å². The van der Waals surface area contributed by atoms with Gasteiger partial charge in [0.1, 0.15) is 0 Å². The van der Waals surface area contributed by atoms with Gasteiger partial charge in [0, 0.05) is 10.5 Å². The standard InChI is InChI=1S/C16H13N3O2/c1-2-12-8-6-7-11-14(12)15(18-19-17)21-16(20)13-9-4-3-5-10-13/h2-11,15H,1H2. The number of carbonyl (C=O) groups excluding carboxylic acids is 1. The Morgan fingerprint density at radius 1 is 1.19 bits per heavy atom. The molecule has 2 rings (SSSR count). The molecular weight excluding hydrogens is 266 g/mol. The molecule has 0 aliphatic carbocycles. The SMILES string of the molecule is C=Cc1ccccc1C(N=[N+]=[N-])OC(=O)c1ccccc1. The van der Waals surface area contributed by atoms with Gasteiger partial charge in [-0.25, -0.2) is 4.79 Å². The average molecular weight is 279 g/mol. The number of hydrogen-bond acceptors (Lipinski definition) is 3. The minimum atomic E-state index is -1.03. The molecule has 0 fully saturated rings. The van der Waals surface area contributed by atoms with Crippen LogP contribution in [0.15, 0.2) is 66.3 Å². The van der Waals surface area contributed by atoms with Crippen LogP contribution in [0.1, 0.15) is 27.7 Å². The smallest absolute Gasteiger partial charge is 0.338 e. The Kier molecular flexibility index (Phi) is 4.75. The van der Waals surface area contributed by atoms with E-state index in [-0.39, 0.29) is 0 Å². The first-order chi connectivity index (χ1) is 10.3. The van der Waals surface area contributed by atoms with E-state index in [0.717, 1.165) is 5.56 Å². The second kappa shape index (κ2) is 6.93. The fraction of sp³-hybridized carbons (Fsp3) is 0.0625. The summed E-state index contributed by atoms with van der Waals surface area (Å²) in [6, 6.07) is 15.7. The van der Waals surface area contributed by atoms with Gasteiger partial charge in [-0.05, 0) is 28.3 Å². The van der Waals surface area contributed by atoms with Gasteiger partial charge in [0.15, 0.2) is 0 Å². The normalized spacial score (nSPS) is 11.0. The van der Waals surface area contributed by atoms with Gasteiger partial charge >= 0.3 is 5.97 Å². The number of esters is 1. The monoisotopic (exact) mass is 279 g/mol. The zero-order valence-electron chi connectivity index (χ0n) is 11.2. The Morgan fingerprint density at radius 3 is 2.52 bits per heavy atom. The molecule has 0 aromatic heterocycles. The van der Waals surface area contributed by atoms with E-state index in [1.54, 1.807) is 54.6 Å². The molecular formula is C16H13N3O2. The Bertz CT molecular complexity index is 692. The first-order valence-corrected chi connectivity index (χ1v) is 6.28. The van der Waals surface area contributed by atoms with E-state index in [9.17, 15) is 4.79 Å². The molecule has 0 spiro atoms. The van der Waals surface area contributed by atoms with Crippen molar-refractivity contribution >= 4 is 12.0 Å². The first-order valence-electron chi connectivity index (χ1n) is 6.28. The average Bonchev–Trinajstić information content (AvgIpc) is 2.55. The van der Waals surface area contributed by atoms with Gasteiger partial charge < -0.3 is 4.74 Å². The highest BCUT2D eigenvalue weighted by Gasteiger charge is 2.18. The van der Waals surface area contributed by atoms with Crippen molar-refractivity contribution in [2.45, 2.75) is 6.23 Å². The summed E-state index contributed by atoms with van der Waals surface area (Å²) < 4.78 is 5.30. The largest absolute Gasteiger partial charge is 0.448 e. The minimum absolute atomic E-state index is 0.395. The maximum absolute atomic E-state index is 12.1. The molecule has 0 saturated heterocycles. The van der Waals surface area contributed by atoms with Crippen LogP contribution in [0.3, 0.4) is 0 Å². The van der Waals surface area contributed by atoms with Crippen LogP contribution in [0.5, 0.6) is 0 Å². The Hall–Kier alpha value is -3.04. The third kappa shape index (κ3) is 3.49. The molecule has 21 heavy (non-hydrogen) atoms. The lowest BCUT2D eigenvalue weighted by molar-refractivity contribution is 0.0312. The quantitative estimate of drug-likeness (QED) is 0.350. The van der Waals surface area contributed by atoms with E-state index >= 15 is 0 Å². The summed E-state index contributed by atoms with van der Waals surface area (Å²) in [6.07, 6.45) is 0.586. The number of carbonyl (C=O) groups is 1. The third-order valence-corrected chi connectivity index (χ3v) is 2.87.